The lowest BCUT2D eigenvalue weighted by atomic mass is 9.87. The van der Waals surface area contributed by atoms with Crippen LogP contribution in [0.3, 0.4) is 0 Å². The minimum absolute atomic E-state index is 0.202. The van der Waals surface area contributed by atoms with E-state index in [0.717, 1.165) is 36.1 Å². The zero-order valence-corrected chi connectivity index (χ0v) is 15.2. The number of aryl methyl sites for hydroxylation is 2. The average molecular weight is 308 g/mol. The fourth-order valence-corrected chi connectivity index (χ4v) is 2.47. The number of ether oxygens (including phenoxy) is 1. The van der Waals surface area contributed by atoms with E-state index < -0.39 is 0 Å². The number of phenols is 1. The Hall–Kier alpha value is -1.51. The van der Waals surface area contributed by atoms with Crippen molar-refractivity contribution in [2.45, 2.75) is 79.8 Å². The van der Waals surface area contributed by atoms with Crippen LogP contribution < -0.4 is 4.74 Å². The molecule has 0 aliphatic carbocycles. The molecule has 3 nitrogen and oxygen atoms in total. The summed E-state index contributed by atoms with van der Waals surface area (Å²) in [6.45, 7) is 13.6. The van der Waals surface area contributed by atoms with Crippen molar-refractivity contribution in [1.82, 2.24) is 0 Å². The maximum atomic E-state index is 11.1. The monoisotopic (exact) mass is 308 g/mol. The Labute approximate surface area is 135 Å². The third kappa shape index (κ3) is 5.70. The third-order valence-corrected chi connectivity index (χ3v) is 3.61. The summed E-state index contributed by atoms with van der Waals surface area (Å²) in [5, 5.41) is 9.58. The van der Waals surface area contributed by atoms with Crippen molar-refractivity contribution in [1.29, 1.82) is 0 Å². The van der Waals surface area contributed by atoms with Crippen LogP contribution in [0.15, 0.2) is 12.1 Å². The number of hydrogen-bond donors (Lipinski definition) is 1. The molecule has 0 spiro atoms. The van der Waals surface area contributed by atoms with Gasteiger partial charge in [-0.25, -0.2) is 0 Å². The van der Waals surface area contributed by atoms with E-state index in [2.05, 4.69) is 6.92 Å². The first-order valence-electron chi connectivity index (χ1n) is 8.40. The summed E-state index contributed by atoms with van der Waals surface area (Å²) in [6.07, 6.45) is 3.08. The molecule has 1 aromatic carbocycles. The van der Waals surface area contributed by atoms with E-state index in [4.69, 9.17) is 4.74 Å². The summed E-state index contributed by atoms with van der Waals surface area (Å²) >= 11 is 0. The number of benzene rings is 1. The van der Waals surface area contributed by atoms with Gasteiger partial charge in [0.1, 0.15) is 22.9 Å². The van der Waals surface area contributed by atoms with Crippen LogP contribution in [0.25, 0.3) is 0 Å². The number of hydrogen-bond acceptors (Lipinski definition) is 3. The van der Waals surface area contributed by atoms with Crippen molar-refractivity contribution in [3.63, 3.8) is 0 Å². The molecule has 0 saturated carbocycles. The van der Waals surface area contributed by atoms with Crippen LogP contribution in [0, 0.1) is 6.92 Å². The topological polar surface area (TPSA) is 46.5 Å². The molecule has 0 saturated heterocycles. The van der Waals surface area contributed by atoms with E-state index in [0.29, 0.717) is 12.2 Å². The van der Waals surface area contributed by atoms with Crippen LogP contribution >= 0.6 is 0 Å². The number of carbonyl (C=O) groups is 1. The lowest BCUT2D eigenvalue weighted by Crippen LogP contribution is -2.37. The Morgan fingerprint density at radius 3 is 2.41 bits per heavy atom. The number of Topliss-reactive ketones (excluding diaryl/α,β-unsaturated/α-hetero) is 1. The molecule has 2 rings (SSSR count). The molecule has 126 valence electrons. The van der Waals surface area contributed by atoms with Gasteiger partial charge in [0, 0.05) is 6.42 Å². The molecule has 0 bridgehead atoms. The van der Waals surface area contributed by atoms with Crippen LogP contribution in [0.2, 0.25) is 0 Å². The Morgan fingerprint density at radius 2 is 1.86 bits per heavy atom. The number of fused-ring (bicyclic) bond motifs is 1. The highest BCUT2D eigenvalue weighted by molar-refractivity contribution is 5.75. The van der Waals surface area contributed by atoms with E-state index in [9.17, 15) is 9.90 Å². The van der Waals surface area contributed by atoms with Gasteiger partial charge in [0.2, 0.25) is 0 Å². The molecule has 0 radical (unpaired) electrons. The van der Waals surface area contributed by atoms with Gasteiger partial charge in [-0.15, -0.1) is 0 Å². The summed E-state index contributed by atoms with van der Waals surface area (Å²) in [6, 6.07) is 3.49. The van der Waals surface area contributed by atoms with Gasteiger partial charge in [0.25, 0.3) is 0 Å². The maximum absolute atomic E-state index is 11.1. The summed E-state index contributed by atoms with van der Waals surface area (Å²) in [5.74, 6) is 1.38. The van der Waals surface area contributed by atoms with Crippen molar-refractivity contribution in [2.75, 3.05) is 0 Å². The van der Waals surface area contributed by atoms with Gasteiger partial charge in [-0.1, -0.05) is 27.7 Å². The summed E-state index contributed by atoms with van der Waals surface area (Å²) in [7, 11) is 0. The zero-order valence-electron chi connectivity index (χ0n) is 15.2. The molecule has 3 heteroatoms. The highest BCUT2D eigenvalue weighted by Crippen LogP contribution is 2.39. The number of aromatic hydroxyl groups is 1. The lowest BCUT2D eigenvalue weighted by molar-refractivity contribution is -0.118. The van der Waals surface area contributed by atoms with Crippen molar-refractivity contribution < 1.29 is 14.6 Å². The molecule has 22 heavy (non-hydrogen) atoms. The normalized spacial score (nSPS) is 18.7. The molecular formula is C19H32O3. The summed E-state index contributed by atoms with van der Waals surface area (Å²) < 4.78 is 6.09. The number of carbonyl (C=O) groups excluding carboxylic acids is 1. The van der Waals surface area contributed by atoms with Gasteiger partial charge in [0.15, 0.2) is 0 Å². The van der Waals surface area contributed by atoms with E-state index in [1.165, 1.54) is 0 Å². The molecule has 1 heterocycles. The minimum Gasteiger partial charge on any atom is -0.508 e. The fraction of sp³-hybridized carbons (Fsp3) is 0.632. The first-order chi connectivity index (χ1) is 10.4. The Kier molecular flexibility index (Phi) is 8.84. The van der Waals surface area contributed by atoms with Crippen LogP contribution in [0.4, 0.5) is 0 Å². The highest BCUT2D eigenvalue weighted by Gasteiger charge is 2.32. The van der Waals surface area contributed by atoms with Crippen molar-refractivity contribution >= 4 is 5.78 Å². The fourth-order valence-electron chi connectivity index (χ4n) is 2.47. The first kappa shape index (κ1) is 20.5. The number of ketones is 1. The van der Waals surface area contributed by atoms with Gasteiger partial charge in [-0.2, -0.15) is 0 Å². The van der Waals surface area contributed by atoms with E-state index in [1.54, 1.807) is 19.1 Å². The van der Waals surface area contributed by atoms with Gasteiger partial charge < -0.3 is 14.6 Å². The van der Waals surface area contributed by atoms with Gasteiger partial charge in [-0.05, 0) is 63.3 Å². The Morgan fingerprint density at radius 1 is 1.27 bits per heavy atom. The molecule has 1 unspecified atom stereocenters. The Balaban J connectivity index is 0.00000102. The van der Waals surface area contributed by atoms with Crippen LogP contribution in [-0.4, -0.2) is 16.5 Å². The van der Waals surface area contributed by atoms with E-state index in [-0.39, 0.29) is 11.4 Å². The first-order valence-corrected chi connectivity index (χ1v) is 8.40. The predicted octanol–water partition coefficient (Wildman–Crippen LogP) is 5.21. The van der Waals surface area contributed by atoms with E-state index >= 15 is 0 Å². The van der Waals surface area contributed by atoms with Crippen LogP contribution in [0.5, 0.6) is 11.5 Å². The number of rotatable bonds is 3. The second-order valence-electron chi connectivity index (χ2n) is 5.50. The van der Waals surface area contributed by atoms with Crippen LogP contribution in [-0.2, 0) is 11.2 Å². The van der Waals surface area contributed by atoms with E-state index in [1.807, 2.05) is 34.6 Å². The van der Waals surface area contributed by atoms with Crippen molar-refractivity contribution in [3.05, 3.63) is 23.3 Å². The summed E-state index contributed by atoms with van der Waals surface area (Å²) in [5.41, 5.74) is 1.76. The molecule has 1 atom stereocenters. The standard InChI is InChI=1S/C15H20O3.2C2H6/c1-10-8-13(17)9-12-5-7-15(3,18-14(10)12)6-4-11(2)16;2*1-2/h8-9,17H,4-7H2,1-3H3;2*1-2H3. The molecule has 1 N–H and O–H groups in total. The second kappa shape index (κ2) is 9.50. The summed E-state index contributed by atoms with van der Waals surface area (Å²) in [4.78, 5) is 11.1. The minimum atomic E-state index is -0.263. The zero-order chi connectivity index (χ0) is 17.3. The third-order valence-electron chi connectivity index (χ3n) is 3.61. The molecule has 0 aromatic heterocycles. The SMILES string of the molecule is CC.CC.CC(=O)CCC1(C)CCc2cc(O)cc(C)c2O1. The Bertz CT molecular complexity index is 480. The molecule has 0 fully saturated rings. The van der Waals surface area contributed by atoms with Crippen molar-refractivity contribution in [2.24, 2.45) is 0 Å². The van der Waals surface area contributed by atoms with Crippen molar-refractivity contribution in [3.8, 4) is 11.5 Å². The molecule has 1 aliphatic rings. The smallest absolute Gasteiger partial charge is 0.129 e. The van der Waals surface area contributed by atoms with Gasteiger partial charge >= 0.3 is 0 Å². The predicted molar refractivity (Wildman–Crippen MR) is 92.8 cm³/mol. The molecule has 0 amide bonds. The quantitative estimate of drug-likeness (QED) is 0.834. The van der Waals surface area contributed by atoms with Gasteiger partial charge in [-0.3, -0.25) is 0 Å². The highest BCUT2D eigenvalue weighted by atomic mass is 16.5. The maximum Gasteiger partial charge on any atom is 0.129 e. The average Bonchev–Trinajstić information content (AvgIpc) is 2.50. The van der Waals surface area contributed by atoms with Gasteiger partial charge in [0.05, 0.1) is 0 Å². The molecule has 1 aliphatic heterocycles. The second-order valence-corrected chi connectivity index (χ2v) is 5.50. The van der Waals surface area contributed by atoms with Crippen LogP contribution in [0.1, 0.15) is 71.9 Å². The largest absolute Gasteiger partial charge is 0.508 e. The number of phenolic OH excluding ortho intramolecular Hbond substituents is 1. The molecule has 1 aromatic rings. The molecular weight excluding hydrogens is 276 g/mol. The lowest BCUT2D eigenvalue weighted by Gasteiger charge is -2.36.